The number of hydrogen-bond donors (Lipinski definition) is 1. The molecule has 6 nitrogen and oxygen atoms in total. The summed E-state index contributed by atoms with van der Waals surface area (Å²) >= 11 is 0. The van der Waals surface area contributed by atoms with E-state index in [1.807, 2.05) is 6.20 Å². The van der Waals surface area contributed by atoms with Gasteiger partial charge in [0.25, 0.3) is 0 Å². The van der Waals surface area contributed by atoms with Gasteiger partial charge in [-0.15, -0.1) is 0 Å². The molecule has 1 atom stereocenters. The van der Waals surface area contributed by atoms with Crippen LogP contribution in [0.5, 0.6) is 5.75 Å². The third-order valence-corrected chi connectivity index (χ3v) is 5.34. The minimum atomic E-state index is -0.191. The van der Waals surface area contributed by atoms with Gasteiger partial charge < -0.3 is 14.6 Å². The van der Waals surface area contributed by atoms with E-state index in [-0.39, 0.29) is 5.82 Å². The van der Waals surface area contributed by atoms with Crippen LogP contribution in [0.2, 0.25) is 0 Å². The Morgan fingerprint density at radius 3 is 3.04 bits per heavy atom. The Hall–Kier alpha value is -2.67. The van der Waals surface area contributed by atoms with Crippen molar-refractivity contribution in [2.45, 2.75) is 19.4 Å². The van der Waals surface area contributed by atoms with E-state index >= 15 is 0 Å². The SMILES string of the molecule is COc1cncnc1N1CCN(CCc2c[nH]c3ccc(F)cc23)C(C)C1. The van der Waals surface area contributed by atoms with Crippen LogP contribution < -0.4 is 9.64 Å². The number of nitrogens with zero attached hydrogens (tertiary/aromatic N) is 4. The van der Waals surface area contributed by atoms with Crippen molar-refractivity contribution in [1.82, 2.24) is 19.9 Å². The predicted molar refractivity (Wildman–Crippen MR) is 104 cm³/mol. The van der Waals surface area contributed by atoms with Gasteiger partial charge in [-0.1, -0.05) is 0 Å². The number of benzene rings is 1. The maximum absolute atomic E-state index is 13.6. The summed E-state index contributed by atoms with van der Waals surface area (Å²) in [5, 5.41) is 0.979. The molecule has 0 bridgehead atoms. The summed E-state index contributed by atoms with van der Waals surface area (Å²) in [5.41, 5.74) is 2.15. The Morgan fingerprint density at radius 2 is 2.22 bits per heavy atom. The number of piperazine rings is 1. The molecule has 3 heterocycles. The first-order valence-electron chi connectivity index (χ1n) is 9.24. The molecule has 0 saturated carbocycles. The zero-order chi connectivity index (χ0) is 18.8. The lowest BCUT2D eigenvalue weighted by Crippen LogP contribution is -2.52. The molecule has 7 heteroatoms. The fraction of sp³-hybridized carbons (Fsp3) is 0.400. The van der Waals surface area contributed by atoms with Gasteiger partial charge in [-0.05, 0) is 37.1 Å². The number of aromatic nitrogens is 3. The normalized spacial score (nSPS) is 18.2. The molecule has 2 aromatic heterocycles. The number of H-pyrrole nitrogens is 1. The van der Waals surface area contributed by atoms with Crippen LogP contribution in [0.4, 0.5) is 10.2 Å². The van der Waals surface area contributed by atoms with E-state index in [9.17, 15) is 4.39 Å². The third-order valence-electron chi connectivity index (χ3n) is 5.34. The van der Waals surface area contributed by atoms with E-state index in [4.69, 9.17) is 4.74 Å². The maximum atomic E-state index is 13.6. The number of rotatable bonds is 5. The van der Waals surface area contributed by atoms with Crippen molar-refractivity contribution in [1.29, 1.82) is 0 Å². The molecule has 1 N–H and O–H groups in total. The van der Waals surface area contributed by atoms with Crippen molar-refractivity contribution in [3.05, 3.63) is 48.3 Å². The predicted octanol–water partition coefficient (Wildman–Crippen LogP) is 2.86. The van der Waals surface area contributed by atoms with E-state index in [2.05, 4.69) is 31.7 Å². The van der Waals surface area contributed by atoms with Gasteiger partial charge in [0.05, 0.1) is 13.3 Å². The van der Waals surface area contributed by atoms with Crippen molar-refractivity contribution in [3.63, 3.8) is 0 Å². The number of methoxy groups -OCH3 is 1. The van der Waals surface area contributed by atoms with Crippen LogP contribution in [0, 0.1) is 5.82 Å². The Balaban J connectivity index is 1.41. The highest BCUT2D eigenvalue weighted by atomic mass is 19.1. The van der Waals surface area contributed by atoms with Crippen molar-refractivity contribution in [2.75, 3.05) is 38.2 Å². The van der Waals surface area contributed by atoms with Gasteiger partial charge in [0.1, 0.15) is 12.1 Å². The Labute approximate surface area is 158 Å². The first-order valence-corrected chi connectivity index (χ1v) is 9.24. The Kier molecular flexibility index (Phi) is 4.94. The van der Waals surface area contributed by atoms with E-state index < -0.39 is 0 Å². The fourth-order valence-corrected chi connectivity index (χ4v) is 3.83. The van der Waals surface area contributed by atoms with Gasteiger partial charge in [0, 0.05) is 49.3 Å². The number of fused-ring (bicyclic) bond motifs is 1. The molecule has 0 aliphatic carbocycles. The highest BCUT2D eigenvalue weighted by Crippen LogP contribution is 2.26. The molecule has 0 amide bonds. The molecule has 1 fully saturated rings. The summed E-state index contributed by atoms with van der Waals surface area (Å²) in [6, 6.07) is 5.29. The van der Waals surface area contributed by atoms with Crippen LogP contribution in [-0.4, -0.2) is 59.2 Å². The molecule has 1 unspecified atom stereocenters. The molecular weight excluding hydrogens is 345 g/mol. The number of anilines is 1. The molecule has 1 aliphatic rings. The van der Waals surface area contributed by atoms with Crippen molar-refractivity contribution < 1.29 is 9.13 Å². The largest absolute Gasteiger partial charge is 0.491 e. The van der Waals surface area contributed by atoms with Crippen molar-refractivity contribution >= 4 is 16.7 Å². The summed E-state index contributed by atoms with van der Waals surface area (Å²) in [6.45, 7) is 5.90. The number of ether oxygens (including phenoxy) is 1. The Morgan fingerprint density at radius 1 is 1.33 bits per heavy atom. The summed E-state index contributed by atoms with van der Waals surface area (Å²) < 4.78 is 19.0. The standard InChI is InChI=1S/C20H24FN5O/c1-14-12-26(20-19(27-2)11-22-13-24-20)8-7-25(14)6-5-15-10-23-18-4-3-16(21)9-17(15)18/h3-4,9-11,13-14,23H,5-8,12H2,1-2H3. The molecule has 1 aliphatic heterocycles. The molecule has 3 aromatic rings. The fourth-order valence-electron chi connectivity index (χ4n) is 3.83. The summed E-state index contributed by atoms with van der Waals surface area (Å²) in [4.78, 5) is 16.4. The van der Waals surface area contributed by atoms with Crippen LogP contribution in [0.15, 0.2) is 36.9 Å². The molecule has 27 heavy (non-hydrogen) atoms. The first-order chi connectivity index (χ1) is 13.2. The van der Waals surface area contributed by atoms with E-state index in [0.717, 1.165) is 54.9 Å². The number of halogens is 1. The Bertz CT molecular complexity index is 928. The highest BCUT2D eigenvalue weighted by Gasteiger charge is 2.26. The second kappa shape index (κ2) is 7.52. The number of aromatic amines is 1. The molecule has 0 spiro atoms. The highest BCUT2D eigenvalue weighted by molar-refractivity contribution is 5.83. The zero-order valence-corrected chi connectivity index (χ0v) is 15.7. The second-order valence-electron chi connectivity index (χ2n) is 7.00. The van der Waals surface area contributed by atoms with Gasteiger partial charge in [-0.25, -0.2) is 14.4 Å². The van der Waals surface area contributed by atoms with Gasteiger partial charge in [-0.2, -0.15) is 0 Å². The van der Waals surface area contributed by atoms with Crippen LogP contribution >= 0.6 is 0 Å². The molecule has 1 aromatic carbocycles. The van der Waals surface area contributed by atoms with Crippen LogP contribution in [-0.2, 0) is 6.42 Å². The minimum Gasteiger partial charge on any atom is -0.491 e. The lowest BCUT2D eigenvalue weighted by atomic mass is 10.1. The monoisotopic (exact) mass is 369 g/mol. The summed E-state index contributed by atoms with van der Waals surface area (Å²) in [5.74, 6) is 1.37. The van der Waals surface area contributed by atoms with E-state index in [0.29, 0.717) is 11.8 Å². The molecular formula is C20H24FN5O. The lowest BCUT2D eigenvalue weighted by Gasteiger charge is -2.40. The first kappa shape index (κ1) is 17.7. The van der Waals surface area contributed by atoms with Crippen molar-refractivity contribution in [3.8, 4) is 5.75 Å². The molecule has 1 saturated heterocycles. The molecule has 4 rings (SSSR count). The summed E-state index contributed by atoms with van der Waals surface area (Å²) in [6.07, 6.45) is 6.15. The molecule has 0 radical (unpaired) electrons. The zero-order valence-electron chi connectivity index (χ0n) is 15.7. The maximum Gasteiger partial charge on any atom is 0.179 e. The van der Waals surface area contributed by atoms with Gasteiger partial charge in [0.15, 0.2) is 11.6 Å². The van der Waals surface area contributed by atoms with Gasteiger partial charge in [-0.3, -0.25) is 4.90 Å². The minimum absolute atomic E-state index is 0.191. The average Bonchev–Trinajstić information content (AvgIpc) is 3.09. The summed E-state index contributed by atoms with van der Waals surface area (Å²) in [7, 11) is 1.64. The number of nitrogens with one attached hydrogen (secondary N) is 1. The molecule has 142 valence electrons. The van der Waals surface area contributed by atoms with E-state index in [1.54, 1.807) is 31.8 Å². The average molecular weight is 369 g/mol. The van der Waals surface area contributed by atoms with Crippen molar-refractivity contribution in [2.24, 2.45) is 0 Å². The third kappa shape index (κ3) is 3.60. The van der Waals surface area contributed by atoms with Crippen LogP contribution in [0.25, 0.3) is 10.9 Å². The second-order valence-corrected chi connectivity index (χ2v) is 7.00. The van der Waals surface area contributed by atoms with Gasteiger partial charge in [0.2, 0.25) is 0 Å². The lowest BCUT2D eigenvalue weighted by molar-refractivity contribution is 0.191. The van der Waals surface area contributed by atoms with Gasteiger partial charge >= 0.3 is 0 Å². The smallest absolute Gasteiger partial charge is 0.179 e. The topological polar surface area (TPSA) is 57.3 Å². The van der Waals surface area contributed by atoms with Crippen LogP contribution in [0.1, 0.15) is 12.5 Å². The van der Waals surface area contributed by atoms with E-state index in [1.165, 1.54) is 6.07 Å². The number of hydrogen-bond acceptors (Lipinski definition) is 5. The van der Waals surface area contributed by atoms with Crippen LogP contribution in [0.3, 0.4) is 0 Å². The quantitative estimate of drug-likeness (QED) is 0.749.